The Morgan fingerprint density at radius 1 is 1.64 bits per heavy atom. The van der Waals surface area contributed by atoms with Crippen molar-refractivity contribution < 1.29 is 9.63 Å². The molecule has 2 atom stereocenters. The van der Waals surface area contributed by atoms with Crippen molar-refractivity contribution in [3.05, 3.63) is 0 Å². The molecule has 1 saturated heterocycles. The van der Waals surface area contributed by atoms with Crippen LogP contribution in [0.2, 0.25) is 0 Å². The second kappa shape index (κ2) is 5.00. The largest absolute Gasteiger partial charge is 0.294 e. The van der Waals surface area contributed by atoms with E-state index in [4.69, 9.17) is 4.84 Å². The van der Waals surface area contributed by atoms with E-state index in [1.165, 1.54) is 12.2 Å². The highest BCUT2D eigenvalue weighted by Crippen LogP contribution is 2.25. The van der Waals surface area contributed by atoms with Gasteiger partial charge in [0.25, 0.3) is 5.91 Å². The highest BCUT2D eigenvalue weighted by Gasteiger charge is 2.35. The standard InChI is InChI=1S/C9H18N2O2S/c1-10-6-7(14-4)5-8(10)9(12)11(2)13-3/h7-8H,5-6H2,1-4H3/t7-,8-/m0/s1. The van der Waals surface area contributed by atoms with E-state index in [1.807, 2.05) is 18.8 Å². The van der Waals surface area contributed by atoms with Gasteiger partial charge < -0.3 is 0 Å². The lowest BCUT2D eigenvalue weighted by Gasteiger charge is -2.22. The Kier molecular flexibility index (Phi) is 4.22. The van der Waals surface area contributed by atoms with Crippen LogP contribution in [0.3, 0.4) is 0 Å². The van der Waals surface area contributed by atoms with Crippen LogP contribution >= 0.6 is 11.8 Å². The molecule has 0 aromatic rings. The van der Waals surface area contributed by atoms with E-state index in [0.717, 1.165) is 13.0 Å². The molecule has 1 heterocycles. The maximum Gasteiger partial charge on any atom is 0.263 e. The number of likely N-dealkylation sites (tertiary alicyclic amines) is 1. The quantitative estimate of drug-likeness (QED) is 0.644. The van der Waals surface area contributed by atoms with Crippen molar-refractivity contribution in [2.24, 2.45) is 0 Å². The Morgan fingerprint density at radius 2 is 2.29 bits per heavy atom. The fourth-order valence-corrected chi connectivity index (χ4v) is 2.47. The Bertz CT molecular complexity index is 213. The van der Waals surface area contributed by atoms with Gasteiger partial charge in [0.1, 0.15) is 0 Å². The molecule has 0 radical (unpaired) electrons. The Labute approximate surface area is 89.5 Å². The van der Waals surface area contributed by atoms with Crippen LogP contribution in [-0.2, 0) is 9.63 Å². The SMILES string of the molecule is CON(C)C(=O)[C@@H]1C[C@H](SC)CN1C. The van der Waals surface area contributed by atoms with Gasteiger partial charge in [0.05, 0.1) is 13.2 Å². The van der Waals surface area contributed by atoms with E-state index >= 15 is 0 Å². The first-order chi connectivity index (χ1) is 6.60. The summed E-state index contributed by atoms with van der Waals surface area (Å²) >= 11 is 1.82. The van der Waals surface area contributed by atoms with Crippen LogP contribution in [0.1, 0.15) is 6.42 Å². The van der Waals surface area contributed by atoms with Crippen molar-refractivity contribution in [3.63, 3.8) is 0 Å². The van der Waals surface area contributed by atoms with E-state index in [9.17, 15) is 4.79 Å². The zero-order valence-electron chi connectivity index (χ0n) is 9.19. The molecular weight excluding hydrogens is 200 g/mol. The topological polar surface area (TPSA) is 32.8 Å². The Morgan fingerprint density at radius 3 is 2.71 bits per heavy atom. The van der Waals surface area contributed by atoms with Crippen LogP contribution in [0, 0.1) is 0 Å². The van der Waals surface area contributed by atoms with Gasteiger partial charge in [0.15, 0.2) is 0 Å². The van der Waals surface area contributed by atoms with Crippen molar-refractivity contribution in [1.29, 1.82) is 0 Å². The molecule has 0 saturated carbocycles. The summed E-state index contributed by atoms with van der Waals surface area (Å²) in [6, 6.07) is -0.0163. The predicted octanol–water partition coefficient (Wildman–Crippen LogP) is 0.442. The molecule has 0 aromatic carbocycles. The lowest BCUT2D eigenvalue weighted by molar-refractivity contribution is -0.173. The van der Waals surface area contributed by atoms with Crippen LogP contribution in [0.15, 0.2) is 0 Å². The number of nitrogens with zero attached hydrogens (tertiary/aromatic N) is 2. The molecule has 0 aromatic heterocycles. The summed E-state index contributed by atoms with van der Waals surface area (Å²) < 4.78 is 0. The summed E-state index contributed by atoms with van der Waals surface area (Å²) in [6.07, 6.45) is 3.01. The lowest BCUT2D eigenvalue weighted by atomic mass is 10.2. The molecule has 1 aliphatic rings. The van der Waals surface area contributed by atoms with Crippen molar-refractivity contribution in [1.82, 2.24) is 9.96 Å². The van der Waals surface area contributed by atoms with Crippen LogP contribution in [0.4, 0.5) is 0 Å². The Hall–Kier alpha value is -0.260. The van der Waals surface area contributed by atoms with Crippen LogP contribution in [0.25, 0.3) is 0 Å². The number of hydrogen-bond donors (Lipinski definition) is 0. The summed E-state index contributed by atoms with van der Waals surface area (Å²) in [7, 11) is 5.16. The van der Waals surface area contributed by atoms with Gasteiger partial charge in [-0.1, -0.05) is 0 Å². The molecule has 0 aliphatic carbocycles. The van der Waals surface area contributed by atoms with E-state index in [1.54, 1.807) is 7.05 Å². The number of carbonyl (C=O) groups is 1. The highest BCUT2D eigenvalue weighted by atomic mass is 32.2. The van der Waals surface area contributed by atoms with E-state index in [2.05, 4.69) is 11.2 Å². The molecule has 1 amide bonds. The van der Waals surface area contributed by atoms with Crippen molar-refractivity contribution >= 4 is 17.7 Å². The fourth-order valence-electron chi connectivity index (χ4n) is 1.71. The smallest absolute Gasteiger partial charge is 0.263 e. The van der Waals surface area contributed by atoms with Gasteiger partial charge in [-0.2, -0.15) is 11.8 Å². The fraction of sp³-hybridized carbons (Fsp3) is 0.889. The average Bonchev–Trinajstić information content (AvgIpc) is 2.57. The third kappa shape index (κ3) is 2.40. The molecule has 4 nitrogen and oxygen atoms in total. The molecule has 5 heteroatoms. The van der Waals surface area contributed by atoms with Crippen LogP contribution in [-0.4, -0.2) is 61.2 Å². The summed E-state index contributed by atoms with van der Waals surface area (Å²) in [6.45, 7) is 0.981. The summed E-state index contributed by atoms with van der Waals surface area (Å²) in [5.74, 6) is 0.0477. The normalized spacial score (nSPS) is 28.0. The zero-order chi connectivity index (χ0) is 10.7. The van der Waals surface area contributed by atoms with Gasteiger partial charge in [0, 0.05) is 18.8 Å². The van der Waals surface area contributed by atoms with E-state index in [0.29, 0.717) is 5.25 Å². The number of rotatable bonds is 3. The van der Waals surface area contributed by atoms with Gasteiger partial charge in [-0.3, -0.25) is 14.5 Å². The highest BCUT2D eigenvalue weighted by molar-refractivity contribution is 7.99. The number of hydrogen-bond acceptors (Lipinski definition) is 4. The monoisotopic (exact) mass is 218 g/mol. The summed E-state index contributed by atoms with van der Waals surface area (Å²) in [5, 5.41) is 1.88. The maximum absolute atomic E-state index is 11.8. The molecule has 14 heavy (non-hydrogen) atoms. The van der Waals surface area contributed by atoms with Crippen molar-refractivity contribution in [2.75, 3.05) is 34.0 Å². The van der Waals surface area contributed by atoms with Gasteiger partial charge in [0.2, 0.25) is 0 Å². The molecule has 0 spiro atoms. The average molecular weight is 218 g/mol. The summed E-state index contributed by atoms with van der Waals surface area (Å²) in [5.41, 5.74) is 0. The maximum atomic E-state index is 11.8. The lowest BCUT2D eigenvalue weighted by Crippen LogP contribution is -2.41. The van der Waals surface area contributed by atoms with E-state index in [-0.39, 0.29) is 11.9 Å². The minimum absolute atomic E-state index is 0.0163. The molecule has 1 aliphatic heterocycles. The zero-order valence-corrected chi connectivity index (χ0v) is 10.0. The first kappa shape index (κ1) is 11.8. The van der Waals surface area contributed by atoms with E-state index < -0.39 is 0 Å². The molecule has 0 N–H and O–H groups in total. The predicted molar refractivity (Wildman–Crippen MR) is 58.1 cm³/mol. The Balaban J connectivity index is 2.56. The molecule has 1 fully saturated rings. The molecular formula is C9H18N2O2S. The van der Waals surface area contributed by atoms with Crippen LogP contribution in [0.5, 0.6) is 0 Å². The summed E-state index contributed by atoms with van der Waals surface area (Å²) in [4.78, 5) is 18.8. The van der Waals surface area contributed by atoms with Crippen molar-refractivity contribution in [2.45, 2.75) is 17.7 Å². The number of thioether (sulfide) groups is 1. The molecule has 0 unspecified atom stereocenters. The number of hydroxylamine groups is 2. The second-order valence-corrected chi connectivity index (χ2v) is 4.71. The minimum atomic E-state index is -0.0163. The van der Waals surface area contributed by atoms with Gasteiger partial charge >= 0.3 is 0 Å². The third-order valence-corrected chi connectivity index (χ3v) is 3.72. The minimum Gasteiger partial charge on any atom is -0.294 e. The van der Waals surface area contributed by atoms with Crippen molar-refractivity contribution in [3.8, 4) is 0 Å². The first-order valence-electron chi connectivity index (χ1n) is 4.64. The molecule has 82 valence electrons. The number of amides is 1. The van der Waals surface area contributed by atoms with Gasteiger partial charge in [-0.25, -0.2) is 5.06 Å². The second-order valence-electron chi connectivity index (χ2n) is 3.57. The third-order valence-electron chi connectivity index (χ3n) is 2.71. The first-order valence-corrected chi connectivity index (χ1v) is 5.93. The molecule has 0 bridgehead atoms. The van der Waals surface area contributed by atoms with Gasteiger partial charge in [-0.05, 0) is 19.7 Å². The molecule has 1 rings (SSSR count). The number of carbonyl (C=O) groups excluding carboxylic acids is 1. The van der Waals surface area contributed by atoms with Gasteiger partial charge in [-0.15, -0.1) is 0 Å². The van der Waals surface area contributed by atoms with Crippen LogP contribution < -0.4 is 0 Å². The number of likely N-dealkylation sites (N-methyl/N-ethyl adjacent to an activating group) is 2.